The summed E-state index contributed by atoms with van der Waals surface area (Å²) in [6, 6.07) is -0.0682. The third kappa shape index (κ3) is 2.61. The molecule has 18 heavy (non-hydrogen) atoms. The average Bonchev–Trinajstić information content (AvgIpc) is 2.85. The van der Waals surface area contributed by atoms with Crippen LogP contribution >= 0.6 is 11.3 Å². The molecule has 1 heterocycles. The highest BCUT2D eigenvalue weighted by atomic mass is 32.1. The predicted octanol–water partition coefficient (Wildman–Crippen LogP) is 1.02. The van der Waals surface area contributed by atoms with E-state index in [0.717, 1.165) is 11.3 Å². The lowest BCUT2D eigenvalue weighted by Crippen LogP contribution is -2.33. The van der Waals surface area contributed by atoms with Crippen molar-refractivity contribution < 1.29 is 14.7 Å². The Morgan fingerprint density at radius 3 is 2.72 bits per heavy atom. The van der Waals surface area contributed by atoms with E-state index < -0.39 is 5.97 Å². The van der Waals surface area contributed by atoms with Crippen LogP contribution in [0.5, 0.6) is 0 Å². The molecule has 1 aromatic heterocycles. The van der Waals surface area contributed by atoms with Crippen molar-refractivity contribution in [1.82, 2.24) is 10.3 Å². The number of aryl methyl sites for hydroxylation is 1. The van der Waals surface area contributed by atoms with Crippen molar-refractivity contribution in [3.8, 4) is 0 Å². The number of thiazole rings is 1. The molecule has 0 spiro atoms. The quantitative estimate of drug-likeness (QED) is 0.759. The first-order valence-corrected chi connectivity index (χ1v) is 6.55. The maximum atomic E-state index is 12.0. The molecule has 98 valence electrons. The maximum absolute atomic E-state index is 12.0. The van der Waals surface area contributed by atoms with E-state index in [9.17, 15) is 9.59 Å². The minimum atomic E-state index is -0.787. The van der Waals surface area contributed by atoms with Crippen molar-refractivity contribution in [3.63, 3.8) is 0 Å². The first kappa shape index (κ1) is 12.8. The molecule has 4 N–H and O–H groups in total. The highest BCUT2D eigenvalue weighted by molar-refractivity contribution is 7.17. The molecule has 7 heteroatoms. The van der Waals surface area contributed by atoms with Gasteiger partial charge < -0.3 is 16.2 Å². The first-order valence-electron chi connectivity index (χ1n) is 5.74. The number of hydrogen-bond donors (Lipinski definition) is 3. The SMILES string of the molecule is Cc1nc(N)sc1C(=O)N[C@H]1CC[C@@H](C(=O)O)C1. The minimum Gasteiger partial charge on any atom is -0.481 e. The summed E-state index contributed by atoms with van der Waals surface area (Å²) in [5.41, 5.74) is 6.15. The van der Waals surface area contributed by atoms with Crippen LogP contribution < -0.4 is 11.1 Å². The van der Waals surface area contributed by atoms with Crippen LogP contribution in [-0.2, 0) is 4.79 Å². The van der Waals surface area contributed by atoms with Crippen LogP contribution in [0.4, 0.5) is 5.13 Å². The van der Waals surface area contributed by atoms with Gasteiger partial charge in [0.05, 0.1) is 11.6 Å². The van der Waals surface area contributed by atoms with E-state index in [-0.39, 0.29) is 17.9 Å². The summed E-state index contributed by atoms with van der Waals surface area (Å²) in [4.78, 5) is 27.3. The number of nitrogen functional groups attached to an aromatic ring is 1. The fraction of sp³-hybridized carbons (Fsp3) is 0.545. The number of carbonyl (C=O) groups is 2. The summed E-state index contributed by atoms with van der Waals surface area (Å²) in [5.74, 6) is -1.34. The number of aromatic nitrogens is 1. The number of carboxylic acids is 1. The molecule has 2 rings (SSSR count). The molecule has 0 saturated heterocycles. The highest BCUT2D eigenvalue weighted by Crippen LogP contribution is 2.27. The fourth-order valence-electron chi connectivity index (χ4n) is 2.22. The number of amides is 1. The van der Waals surface area contributed by atoms with Crippen molar-refractivity contribution in [2.24, 2.45) is 5.92 Å². The van der Waals surface area contributed by atoms with E-state index in [1.54, 1.807) is 6.92 Å². The molecule has 2 atom stereocenters. The van der Waals surface area contributed by atoms with Gasteiger partial charge in [0.15, 0.2) is 5.13 Å². The lowest BCUT2D eigenvalue weighted by Gasteiger charge is -2.11. The zero-order valence-corrected chi connectivity index (χ0v) is 10.8. The van der Waals surface area contributed by atoms with Crippen molar-refractivity contribution >= 4 is 28.3 Å². The van der Waals surface area contributed by atoms with Crippen LogP contribution in [0.1, 0.15) is 34.6 Å². The maximum Gasteiger partial charge on any atom is 0.306 e. The summed E-state index contributed by atoms with van der Waals surface area (Å²) in [5, 5.41) is 12.1. The largest absolute Gasteiger partial charge is 0.481 e. The third-order valence-corrected chi connectivity index (χ3v) is 4.12. The van der Waals surface area contributed by atoms with Crippen LogP contribution in [0.3, 0.4) is 0 Å². The Labute approximate surface area is 108 Å². The normalized spacial score (nSPS) is 22.9. The number of nitrogens with two attached hydrogens (primary N) is 1. The Bertz CT molecular complexity index is 486. The minimum absolute atomic E-state index is 0.0682. The van der Waals surface area contributed by atoms with Gasteiger partial charge in [0, 0.05) is 6.04 Å². The van der Waals surface area contributed by atoms with Crippen LogP contribution in [0.2, 0.25) is 0 Å². The van der Waals surface area contributed by atoms with E-state index in [1.165, 1.54) is 0 Å². The number of carbonyl (C=O) groups excluding carboxylic acids is 1. The number of aliphatic carboxylic acids is 1. The van der Waals surface area contributed by atoms with Crippen LogP contribution in [0.15, 0.2) is 0 Å². The summed E-state index contributed by atoms with van der Waals surface area (Å²) in [6.45, 7) is 1.73. The van der Waals surface area contributed by atoms with Gasteiger partial charge in [0.2, 0.25) is 0 Å². The standard InChI is InChI=1S/C11H15N3O3S/c1-5-8(18-11(12)13-5)9(15)14-7-3-2-6(4-7)10(16)17/h6-7H,2-4H2,1H3,(H2,12,13)(H,14,15)(H,16,17)/t6-,7+/m1/s1. The Hall–Kier alpha value is -1.63. The molecule has 0 radical (unpaired) electrons. The topological polar surface area (TPSA) is 105 Å². The van der Waals surface area contributed by atoms with Crippen LogP contribution in [-0.4, -0.2) is 28.0 Å². The second-order valence-electron chi connectivity index (χ2n) is 4.49. The average molecular weight is 269 g/mol. The molecule has 6 nitrogen and oxygen atoms in total. The van der Waals surface area contributed by atoms with Crippen molar-refractivity contribution in [3.05, 3.63) is 10.6 Å². The van der Waals surface area contributed by atoms with E-state index in [0.29, 0.717) is 35.0 Å². The molecular formula is C11H15N3O3S. The van der Waals surface area contributed by atoms with Crippen LogP contribution in [0, 0.1) is 12.8 Å². The molecule has 1 aliphatic carbocycles. The van der Waals surface area contributed by atoms with Gasteiger partial charge in [0.25, 0.3) is 5.91 Å². The lowest BCUT2D eigenvalue weighted by molar-refractivity contribution is -0.141. The molecule has 0 aliphatic heterocycles. The molecule has 1 amide bonds. The Morgan fingerprint density at radius 2 is 2.22 bits per heavy atom. The van der Waals surface area contributed by atoms with E-state index in [2.05, 4.69) is 10.3 Å². The number of carboxylic acid groups (broad SMARTS) is 1. The van der Waals surface area contributed by atoms with E-state index in [4.69, 9.17) is 10.8 Å². The van der Waals surface area contributed by atoms with Gasteiger partial charge >= 0.3 is 5.97 Å². The number of hydrogen-bond acceptors (Lipinski definition) is 5. The highest BCUT2D eigenvalue weighted by Gasteiger charge is 2.31. The number of nitrogens with zero attached hydrogens (tertiary/aromatic N) is 1. The van der Waals surface area contributed by atoms with E-state index >= 15 is 0 Å². The molecule has 1 saturated carbocycles. The Morgan fingerprint density at radius 1 is 1.50 bits per heavy atom. The van der Waals surface area contributed by atoms with Gasteiger partial charge in [-0.2, -0.15) is 0 Å². The third-order valence-electron chi connectivity index (χ3n) is 3.14. The first-order chi connectivity index (χ1) is 8.47. The second kappa shape index (κ2) is 4.93. The van der Waals surface area contributed by atoms with Gasteiger partial charge in [0.1, 0.15) is 4.88 Å². The smallest absolute Gasteiger partial charge is 0.306 e. The van der Waals surface area contributed by atoms with Gasteiger partial charge in [-0.25, -0.2) is 4.98 Å². The summed E-state index contributed by atoms with van der Waals surface area (Å²) < 4.78 is 0. The monoisotopic (exact) mass is 269 g/mol. The van der Waals surface area contributed by atoms with E-state index in [1.807, 2.05) is 0 Å². The predicted molar refractivity (Wildman–Crippen MR) is 67.5 cm³/mol. The fourth-order valence-corrected chi connectivity index (χ4v) is 2.95. The second-order valence-corrected chi connectivity index (χ2v) is 5.52. The summed E-state index contributed by atoms with van der Waals surface area (Å²) in [7, 11) is 0. The van der Waals surface area contributed by atoms with Crippen molar-refractivity contribution in [2.75, 3.05) is 5.73 Å². The molecule has 1 aromatic rings. The number of nitrogens with one attached hydrogen (secondary N) is 1. The molecule has 0 unspecified atom stereocenters. The van der Waals surface area contributed by atoms with Crippen LogP contribution in [0.25, 0.3) is 0 Å². The van der Waals surface area contributed by atoms with Crippen molar-refractivity contribution in [2.45, 2.75) is 32.2 Å². The summed E-state index contributed by atoms with van der Waals surface area (Å²) in [6.07, 6.45) is 1.81. The zero-order chi connectivity index (χ0) is 13.3. The molecular weight excluding hydrogens is 254 g/mol. The lowest BCUT2D eigenvalue weighted by atomic mass is 10.1. The zero-order valence-electron chi connectivity index (χ0n) is 9.97. The molecule has 0 bridgehead atoms. The Balaban J connectivity index is 1.97. The van der Waals surface area contributed by atoms with Gasteiger partial charge in [-0.05, 0) is 26.2 Å². The molecule has 1 aliphatic rings. The van der Waals surface area contributed by atoms with Gasteiger partial charge in [-0.3, -0.25) is 9.59 Å². The molecule has 0 aromatic carbocycles. The Kier molecular flexibility index (Phi) is 3.51. The van der Waals surface area contributed by atoms with Gasteiger partial charge in [-0.15, -0.1) is 0 Å². The number of rotatable bonds is 3. The van der Waals surface area contributed by atoms with Gasteiger partial charge in [-0.1, -0.05) is 11.3 Å². The van der Waals surface area contributed by atoms with Crippen molar-refractivity contribution in [1.29, 1.82) is 0 Å². The number of anilines is 1. The summed E-state index contributed by atoms with van der Waals surface area (Å²) >= 11 is 1.15. The molecule has 1 fully saturated rings.